The van der Waals surface area contributed by atoms with E-state index in [-0.39, 0.29) is 5.41 Å². The number of benzene rings is 1. The Morgan fingerprint density at radius 3 is 1.76 bits per heavy atom. The Kier molecular flexibility index (Phi) is 7.30. The Morgan fingerprint density at radius 2 is 1.30 bits per heavy atom. The van der Waals surface area contributed by atoms with E-state index in [1.54, 1.807) is 0 Å². The molecule has 33 heavy (non-hydrogen) atoms. The van der Waals surface area contributed by atoms with Crippen molar-refractivity contribution >= 4 is 0 Å². The molecule has 0 aliphatic heterocycles. The minimum Gasteiger partial charge on any atom is -0.372 e. The first-order valence-electron chi connectivity index (χ1n) is 12.2. The lowest BCUT2D eigenvalue weighted by atomic mass is 9.46. The molecule has 3 heteroatoms. The average molecular weight is 457 g/mol. The maximum absolute atomic E-state index is 11.8. The van der Waals surface area contributed by atoms with Crippen LogP contribution < -0.4 is 0 Å². The van der Waals surface area contributed by atoms with Gasteiger partial charge in [-0.15, -0.1) is 0 Å². The van der Waals surface area contributed by atoms with Crippen molar-refractivity contribution in [2.75, 3.05) is 6.61 Å². The van der Waals surface area contributed by atoms with Crippen LogP contribution in [0.1, 0.15) is 94.2 Å². The maximum Gasteiger partial charge on any atom is 0.196 e. The summed E-state index contributed by atoms with van der Waals surface area (Å²) in [7, 11) is 0. The highest BCUT2D eigenvalue weighted by atomic mass is 16.5. The lowest BCUT2D eigenvalue weighted by Gasteiger charge is -2.61. The van der Waals surface area contributed by atoms with Crippen LogP contribution in [0.15, 0.2) is 47.6 Å². The molecule has 0 atom stereocenters. The second kappa shape index (κ2) is 8.66. The van der Waals surface area contributed by atoms with Crippen LogP contribution in [0.2, 0.25) is 0 Å². The largest absolute Gasteiger partial charge is 0.372 e. The second-order valence-corrected chi connectivity index (χ2v) is 14.0. The molecule has 0 aromatic heterocycles. The van der Waals surface area contributed by atoms with Gasteiger partial charge in [-0.25, -0.2) is 0 Å². The van der Waals surface area contributed by atoms with Gasteiger partial charge in [0, 0.05) is 0 Å². The van der Waals surface area contributed by atoms with Gasteiger partial charge in [-0.3, -0.25) is 0 Å². The van der Waals surface area contributed by atoms with E-state index in [0.29, 0.717) is 18.8 Å². The molecule has 0 unspecified atom stereocenters. The zero-order valence-electron chi connectivity index (χ0n) is 23.2. The first-order valence-corrected chi connectivity index (χ1v) is 12.2. The summed E-state index contributed by atoms with van der Waals surface area (Å²) >= 11 is 0. The second-order valence-electron chi connectivity index (χ2n) is 14.0. The molecule has 0 bridgehead atoms. The minimum absolute atomic E-state index is 0.0941. The number of hydrogen-bond acceptors (Lipinski definition) is 3. The molecule has 3 nitrogen and oxygen atoms in total. The maximum atomic E-state index is 11.8. The SMILES string of the molecule is CC(C)(C)C1=CC(COCc2cccc(C(C)(C)C)c2)=CC(C(C)(C)C)(C(C)(C)C)C1(O)O. The van der Waals surface area contributed by atoms with Crippen molar-refractivity contribution in [1.29, 1.82) is 0 Å². The lowest BCUT2D eigenvalue weighted by Crippen LogP contribution is -2.64. The summed E-state index contributed by atoms with van der Waals surface area (Å²) in [5, 5.41) is 23.6. The third-order valence-electron chi connectivity index (χ3n) is 7.16. The Labute approximate surface area is 203 Å². The third kappa shape index (κ3) is 5.31. The fourth-order valence-corrected chi connectivity index (χ4v) is 5.76. The number of hydrogen-bond donors (Lipinski definition) is 2. The van der Waals surface area contributed by atoms with Crippen LogP contribution in [-0.4, -0.2) is 22.6 Å². The zero-order chi connectivity index (χ0) is 25.7. The molecule has 1 aromatic carbocycles. The number of rotatable bonds is 4. The minimum atomic E-state index is -1.98. The van der Waals surface area contributed by atoms with E-state index in [4.69, 9.17) is 4.74 Å². The monoisotopic (exact) mass is 456 g/mol. The van der Waals surface area contributed by atoms with Crippen molar-refractivity contribution in [2.24, 2.45) is 21.7 Å². The summed E-state index contributed by atoms with van der Waals surface area (Å²) in [6.45, 7) is 26.3. The molecule has 0 spiro atoms. The molecule has 0 saturated heterocycles. The van der Waals surface area contributed by atoms with Crippen molar-refractivity contribution in [3.8, 4) is 0 Å². The van der Waals surface area contributed by atoms with Crippen molar-refractivity contribution in [2.45, 2.75) is 101 Å². The van der Waals surface area contributed by atoms with Gasteiger partial charge in [0.15, 0.2) is 5.79 Å². The topological polar surface area (TPSA) is 49.7 Å². The Morgan fingerprint density at radius 1 is 0.758 bits per heavy atom. The highest BCUT2D eigenvalue weighted by Crippen LogP contribution is 2.63. The van der Waals surface area contributed by atoms with Gasteiger partial charge in [0.2, 0.25) is 0 Å². The van der Waals surface area contributed by atoms with Crippen LogP contribution in [0.5, 0.6) is 0 Å². The first kappa shape index (κ1) is 27.8. The first-order chi connectivity index (χ1) is 14.6. The molecule has 0 radical (unpaired) electrons. The van der Waals surface area contributed by atoms with Crippen molar-refractivity contribution < 1.29 is 14.9 Å². The van der Waals surface area contributed by atoms with E-state index < -0.39 is 27.4 Å². The van der Waals surface area contributed by atoms with E-state index in [1.807, 2.05) is 26.8 Å². The van der Waals surface area contributed by atoms with E-state index in [0.717, 1.165) is 11.1 Å². The lowest BCUT2D eigenvalue weighted by molar-refractivity contribution is -0.269. The van der Waals surface area contributed by atoms with Crippen LogP contribution in [0.3, 0.4) is 0 Å². The fourth-order valence-electron chi connectivity index (χ4n) is 5.76. The molecule has 0 saturated carbocycles. The molecular weight excluding hydrogens is 408 g/mol. The summed E-state index contributed by atoms with van der Waals surface area (Å²) in [6.07, 6.45) is 4.02. The molecule has 0 heterocycles. The summed E-state index contributed by atoms with van der Waals surface area (Å²) in [4.78, 5) is 0. The molecule has 2 N–H and O–H groups in total. The molecule has 0 amide bonds. The summed E-state index contributed by atoms with van der Waals surface area (Å²) < 4.78 is 6.20. The van der Waals surface area contributed by atoms with Crippen LogP contribution in [0, 0.1) is 21.7 Å². The predicted octanol–water partition coefficient (Wildman–Crippen LogP) is 7.17. The van der Waals surface area contributed by atoms with Gasteiger partial charge < -0.3 is 14.9 Å². The van der Waals surface area contributed by atoms with E-state index >= 15 is 0 Å². The average Bonchev–Trinajstić information content (AvgIpc) is 2.58. The third-order valence-corrected chi connectivity index (χ3v) is 7.16. The van der Waals surface area contributed by atoms with Crippen LogP contribution >= 0.6 is 0 Å². The Balaban J connectivity index is 2.47. The van der Waals surface area contributed by atoms with Crippen molar-refractivity contribution in [3.05, 3.63) is 58.7 Å². The van der Waals surface area contributed by atoms with E-state index in [2.05, 4.69) is 92.7 Å². The number of aliphatic hydroxyl groups is 2. The molecule has 1 aliphatic rings. The van der Waals surface area contributed by atoms with Crippen molar-refractivity contribution in [1.82, 2.24) is 0 Å². The van der Waals surface area contributed by atoms with Crippen LogP contribution in [0.4, 0.5) is 0 Å². The van der Waals surface area contributed by atoms with Gasteiger partial charge in [0.25, 0.3) is 0 Å². The Bertz CT molecular complexity index is 890. The molecular formula is C30H48O3. The van der Waals surface area contributed by atoms with Gasteiger partial charge >= 0.3 is 0 Å². The molecule has 1 aromatic rings. The molecule has 1 aliphatic carbocycles. The number of ether oxygens (including phenoxy) is 1. The van der Waals surface area contributed by atoms with E-state index in [9.17, 15) is 10.2 Å². The summed E-state index contributed by atoms with van der Waals surface area (Å²) in [5.74, 6) is -1.98. The van der Waals surface area contributed by atoms with Crippen LogP contribution in [-0.2, 0) is 16.8 Å². The van der Waals surface area contributed by atoms with Crippen molar-refractivity contribution in [3.63, 3.8) is 0 Å². The van der Waals surface area contributed by atoms with E-state index in [1.165, 1.54) is 5.56 Å². The van der Waals surface area contributed by atoms with Gasteiger partial charge in [-0.1, -0.05) is 120 Å². The summed E-state index contributed by atoms with van der Waals surface area (Å²) in [5.41, 5.74) is 2.02. The zero-order valence-corrected chi connectivity index (χ0v) is 23.2. The molecule has 2 rings (SSSR count). The van der Waals surface area contributed by atoms with Gasteiger partial charge in [0.1, 0.15) is 0 Å². The Hall–Kier alpha value is -1.42. The normalized spacial score (nSPS) is 19.2. The quantitative estimate of drug-likeness (QED) is 0.472. The fraction of sp³-hybridized carbons (Fsp3) is 0.667. The molecule has 186 valence electrons. The van der Waals surface area contributed by atoms with Gasteiger partial charge in [-0.2, -0.15) is 0 Å². The van der Waals surface area contributed by atoms with Gasteiger partial charge in [-0.05, 0) is 43.9 Å². The highest BCUT2D eigenvalue weighted by Gasteiger charge is 2.65. The highest BCUT2D eigenvalue weighted by molar-refractivity contribution is 5.43. The predicted molar refractivity (Wildman–Crippen MR) is 139 cm³/mol. The molecule has 0 fully saturated rings. The summed E-state index contributed by atoms with van der Waals surface area (Å²) in [6, 6.07) is 8.57. The smallest absolute Gasteiger partial charge is 0.196 e. The van der Waals surface area contributed by atoms with Gasteiger partial charge in [0.05, 0.1) is 18.6 Å². The van der Waals surface area contributed by atoms with Crippen LogP contribution in [0.25, 0.3) is 0 Å². The standard InChI is InChI=1S/C30H48O3/c1-25(2,3)23-15-13-14-21(16-23)19-33-20-22-17-24(26(4,5)6)30(31,32)29(18-22,27(7,8)9)28(10,11)12/h13-18,31-32H,19-20H2,1-12H3.